The Morgan fingerprint density at radius 2 is 1.84 bits per heavy atom. The van der Waals surface area contributed by atoms with Crippen LogP contribution in [0, 0.1) is 6.92 Å². The van der Waals surface area contributed by atoms with Gasteiger partial charge in [0.2, 0.25) is 5.89 Å². The van der Waals surface area contributed by atoms with Crippen LogP contribution >= 0.6 is 24.0 Å². The van der Waals surface area contributed by atoms with Crippen molar-refractivity contribution in [2.24, 2.45) is 4.99 Å². The molecule has 8 heteroatoms. The molecule has 0 saturated carbocycles. The van der Waals surface area contributed by atoms with Crippen LogP contribution in [0.2, 0.25) is 0 Å². The lowest BCUT2D eigenvalue weighted by molar-refractivity contribution is -0.143. The highest BCUT2D eigenvalue weighted by atomic mass is 127. The first-order valence-electron chi connectivity index (χ1n) is 10.8. The van der Waals surface area contributed by atoms with E-state index in [1.165, 1.54) is 5.56 Å². The van der Waals surface area contributed by atoms with Gasteiger partial charge in [0.15, 0.2) is 5.96 Å². The summed E-state index contributed by atoms with van der Waals surface area (Å²) >= 11 is 0. The second-order valence-corrected chi connectivity index (χ2v) is 7.10. The lowest BCUT2D eigenvalue weighted by atomic mass is 10.1. The molecular weight excluding hydrogens is 507 g/mol. The topological polar surface area (TPSA) is 88.8 Å². The van der Waals surface area contributed by atoms with Crippen LogP contribution in [0.3, 0.4) is 0 Å². The van der Waals surface area contributed by atoms with Crippen LogP contribution in [0.15, 0.2) is 39.9 Å². The van der Waals surface area contributed by atoms with Crippen molar-refractivity contribution >= 4 is 35.9 Å². The number of halogens is 1. The summed E-state index contributed by atoms with van der Waals surface area (Å²) in [6.07, 6.45) is 6.15. The molecule has 2 rings (SSSR count). The lowest BCUT2D eigenvalue weighted by Crippen LogP contribution is -2.37. The second kappa shape index (κ2) is 15.7. The first kappa shape index (κ1) is 26.9. The number of nitrogens with zero attached hydrogens (tertiary/aromatic N) is 2. The molecule has 1 heterocycles. The number of aliphatic imine (C=N–C) groups is 1. The molecule has 0 amide bonds. The summed E-state index contributed by atoms with van der Waals surface area (Å²) in [6.45, 7) is 8.45. The third kappa shape index (κ3) is 10.7. The number of hydrogen-bond donors (Lipinski definition) is 2. The van der Waals surface area contributed by atoms with E-state index in [1.807, 2.05) is 38.1 Å². The van der Waals surface area contributed by atoms with Gasteiger partial charge in [0.1, 0.15) is 12.0 Å². The number of esters is 1. The van der Waals surface area contributed by atoms with Gasteiger partial charge < -0.3 is 19.8 Å². The Hall–Kier alpha value is -2.10. The van der Waals surface area contributed by atoms with Crippen molar-refractivity contribution < 1.29 is 13.9 Å². The number of hydrogen-bond acceptors (Lipinski definition) is 5. The van der Waals surface area contributed by atoms with Crippen molar-refractivity contribution in [1.82, 2.24) is 15.6 Å². The number of unbranched alkanes of at least 4 members (excludes halogenated alkanes) is 3. The highest BCUT2D eigenvalue weighted by Gasteiger charge is 2.07. The quantitative estimate of drug-likeness (QED) is 0.131. The average Bonchev–Trinajstić information content (AvgIpc) is 3.21. The van der Waals surface area contributed by atoms with Gasteiger partial charge in [-0.05, 0) is 45.7 Å². The van der Waals surface area contributed by atoms with E-state index in [1.54, 1.807) is 6.26 Å². The van der Waals surface area contributed by atoms with Gasteiger partial charge in [-0.15, -0.1) is 24.0 Å². The number of rotatable bonds is 12. The maximum Gasteiger partial charge on any atom is 0.305 e. The van der Waals surface area contributed by atoms with Crippen molar-refractivity contribution in [3.63, 3.8) is 0 Å². The van der Waals surface area contributed by atoms with Crippen molar-refractivity contribution in [1.29, 1.82) is 0 Å². The molecule has 0 aliphatic carbocycles. The van der Waals surface area contributed by atoms with E-state index in [0.29, 0.717) is 25.5 Å². The Balaban J connectivity index is 0.00000480. The summed E-state index contributed by atoms with van der Waals surface area (Å²) in [5, 5.41) is 6.59. The minimum absolute atomic E-state index is 0. The summed E-state index contributed by atoms with van der Waals surface area (Å²) in [7, 11) is 0. The van der Waals surface area contributed by atoms with Crippen LogP contribution in [-0.2, 0) is 16.1 Å². The minimum Gasteiger partial charge on any atom is -0.466 e. The number of oxazole rings is 1. The summed E-state index contributed by atoms with van der Waals surface area (Å²) in [4.78, 5) is 20.4. The molecule has 7 nitrogen and oxygen atoms in total. The molecule has 0 saturated heterocycles. The first-order valence-corrected chi connectivity index (χ1v) is 10.8. The summed E-state index contributed by atoms with van der Waals surface area (Å²) in [6, 6.07) is 8.10. The highest BCUT2D eigenvalue weighted by molar-refractivity contribution is 14.0. The largest absolute Gasteiger partial charge is 0.466 e. The van der Waals surface area contributed by atoms with E-state index in [4.69, 9.17) is 9.15 Å². The molecule has 0 bridgehead atoms. The predicted octanol–water partition coefficient (Wildman–Crippen LogP) is 4.84. The number of guanidine groups is 1. The second-order valence-electron chi connectivity index (χ2n) is 7.10. The van der Waals surface area contributed by atoms with Gasteiger partial charge in [0.25, 0.3) is 0 Å². The van der Waals surface area contributed by atoms with Gasteiger partial charge in [-0.2, -0.15) is 0 Å². The van der Waals surface area contributed by atoms with Crippen LogP contribution in [0.1, 0.15) is 57.2 Å². The van der Waals surface area contributed by atoms with Crippen molar-refractivity contribution in [2.45, 2.75) is 59.4 Å². The average molecular weight is 542 g/mol. The molecule has 0 spiro atoms. The molecule has 0 fully saturated rings. The molecule has 31 heavy (non-hydrogen) atoms. The number of aromatic nitrogens is 1. The molecule has 2 aromatic rings. The maximum atomic E-state index is 11.3. The fraction of sp³-hybridized carbons (Fsp3) is 0.522. The lowest BCUT2D eigenvalue weighted by Gasteiger charge is -2.10. The maximum absolute atomic E-state index is 11.3. The number of ether oxygens (including phenoxy) is 1. The van der Waals surface area contributed by atoms with Crippen molar-refractivity contribution in [2.75, 3.05) is 19.7 Å². The molecule has 0 radical (unpaired) electrons. The smallest absolute Gasteiger partial charge is 0.305 e. The Labute approximate surface area is 202 Å². The number of aryl methyl sites for hydroxylation is 1. The fourth-order valence-corrected chi connectivity index (χ4v) is 2.90. The Bertz CT molecular complexity index is 790. The molecule has 1 aromatic heterocycles. The van der Waals surface area contributed by atoms with Crippen molar-refractivity contribution in [3.05, 3.63) is 41.8 Å². The molecule has 0 aliphatic heterocycles. The van der Waals surface area contributed by atoms with Gasteiger partial charge >= 0.3 is 5.97 Å². The van der Waals surface area contributed by atoms with Crippen LogP contribution in [0.4, 0.5) is 0 Å². The van der Waals surface area contributed by atoms with Crippen LogP contribution in [0.5, 0.6) is 0 Å². The first-order chi connectivity index (χ1) is 14.6. The normalized spacial score (nSPS) is 11.0. The summed E-state index contributed by atoms with van der Waals surface area (Å²) in [5.74, 6) is 1.28. The zero-order chi connectivity index (χ0) is 21.6. The van der Waals surface area contributed by atoms with Gasteiger partial charge in [-0.25, -0.2) is 9.98 Å². The van der Waals surface area contributed by atoms with E-state index < -0.39 is 0 Å². The van der Waals surface area contributed by atoms with Crippen LogP contribution in [0.25, 0.3) is 11.5 Å². The molecule has 0 aliphatic rings. The zero-order valence-electron chi connectivity index (χ0n) is 18.8. The Kier molecular flexibility index (Phi) is 13.6. The third-order valence-electron chi connectivity index (χ3n) is 4.50. The molecular formula is C23H35IN4O3. The molecule has 2 N–H and O–H groups in total. The van der Waals surface area contributed by atoms with E-state index in [-0.39, 0.29) is 29.9 Å². The standard InChI is InChI=1S/C23H34N4O3.HI/c1-4-24-23(25-15-9-7-6-8-10-21(28)29-5-2)26-16-20-17-30-22(27-20)19-13-11-18(3)12-14-19;/h11-14,17H,4-10,15-16H2,1-3H3,(H2,24,25,26);1H. The van der Waals surface area contributed by atoms with Gasteiger partial charge in [0, 0.05) is 25.1 Å². The van der Waals surface area contributed by atoms with Gasteiger partial charge in [-0.3, -0.25) is 4.79 Å². The number of carbonyl (C=O) groups is 1. The fourth-order valence-electron chi connectivity index (χ4n) is 2.90. The third-order valence-corrected chi connectivity index (χ3v) is 4.50. The minimum atomic E-state index is -0.101. The Morgan fingerprint density at radius 1 is 1.10 bits per heavy atom. The van der Waals surface area contributed by atoms with Gasteiger partial charge in [0.05, 0.1) is 13.2 Å². The monoisotopic (exact) mass is 542 g/mol. The molecule has 0 atom stereocenters. The predicted molar refractivity (Wildman–Crippen MR) is 135 cm³/mol. The van der Waals surface area contributed by atoms with Crippen molar-refractivity contribution in [3.8, 4) is 11.5 Å². The van der Waals surface area contributed by atoms with E-state index in [9.17, 15) is 4.79 Å². The molecule has 1 aromatic carbocycles. The number of nitrogens with one attached hydrogen (secondary N) is 2. The highest BCUT2D eigenvalue weighted by Crippen LogP contribution is 2.19. The van der Waals surface area contributed by atoms with E-state index >= 15 is 0 Å². The zero-order valence-corrected chi connectivity index (χ0v) is 21.1. The summed E-state index contributed by atoms with van der Waals surface area (Å²) < 4.78 is 10.5. The summed E-state index contributed by atoms with van der Waals surface area (Å²) in [5.41, 5.74) is 2.96. The molecule has 0 unspecified atom stereocenters. The number of benzene rings is 1. The Morgan fingerprint density at radius 3 is 2.55 bits per heavy atom. The van der Waals surface area contributed by atoms with E-state index in [0.717, 1.165) is 56.0 Å². The van der Waals surface area contributed by atoms with Gasteiger partial charge in [-0.1, -0.05) is 30.5 Å². The van der Waals surface area contributed by atoms with Crippen LogP contribution in [-0.4, -0.2) is 36.6 Å². The van der Waals surface area contributed by atoms with Crippen LogP contribution < -0.4 is 10.6 Å². The molecule has 172 valence electrons. The van der Waals surface area contributed by atoms with E-state index in [2.05, 4.69) is 27.5 Å². The SMILES string of the molecule is CCNC(=NCc1coc(-c2ccc(C)cc2)n1)NCCCCCCC(=O)OCC.I. The number of carbonyl (C=O) groups excluding carboxylic acids is 1.